The number of pyridine rings is 1. The third kappa shape index (κ3) is 4.70. The Balaban J connectivity index is 1.57. The largest absolute Gasteiger partial charge is 0.858 e. The number of ether oxygens (including phenoxy) is 1. The van der Waals surface area contributed by atoms with E-state index in [4.69, 9.17) is 9.26 Å². The summed E-state index contributed by atoms with van der Waals surface area (Å²) in [6.07, 6.45) is 5.27. The van der Waals surface area contributed by atoms with Gasteiger partial charge in [0.15, 0.2) is 6.23 Å². The summed E-state index contributed by atoms with van der Waals surface area (Å²) in [6, 6.07) is 2.83. The molecule has 0 spiro atoms. The van der Waals surface area contributed by atoms with Crippen LogP contribution in [0.3, 0.4) is 0 Å². The highest BCUT2D eigenvalue weighted by Gasteiger charge is 2.30. The fourth-order valence-electron chi connectivity index (χ4n) is 2.31. The molecular weight excluding hydrogens is 393 g/mol. The Morgan fingerprint density at radius 2 is 2.25 bits per heavy atom. The first-order valence-corrected chi connectivity index (χ1v) is 9.46. The minimum atomic E-state index is -4.70. The molecule has 2 aromatic heterocycles. The third-order valence-corrected chi connectivity index (χ3v) is 4.54. The van der Waals surface area contributed by atoms with Gasteiger partial charge in [0, 0.05) is 18.6 Å². The SMILES string of the molecule is Cc1cn([C@H]2C=C[C@@H](COP(=O)(O)OC(=O)c3cccnc3)O2)c(=O)nc1[O-]. The molecule has 0 aliphatic carbocycles. The van der Waals surface area contributed by atoms with E-state index in [-0.39, 0.29) is 11.1 Å². The zero-order chi connectivity index (χ0) is 20.3. The zero-order valence-electron chi connectivity index (χ0n) is 14.5. The Kier molecular flexibility index (Phi) is 5.71. The topological polar surface area (TPSA) is 153 Å². The zero-order valence-corrected chi connectivity index (χ0v) is 15.4. The lowest BCUT2D eigenvalue weighted by molar-refractivity contribution is -0.276. The molecule has 28 heavy (non-hydrogen) atoms. The van der Waals surface area contributed by atoms with Crippen LogP contribution < -0.4 is 10.8 Å². The van der Waals surface area contributed by atoms with Gasteiger partial charge in [-0.05, 0) is 36.6 Å². The summed E-state index contributed by atoms with van der Waals surface area (Å²) >= 11 is 0. The number of hydrogen-bond acceptors (Lipinski definition) is 9. The average molecular weight is 408 g/mol. The van der Waals surface area contributed by atoms with Crippen LogP contribution in [-0.2, 0) is 18.3 Å². The number of carbonyl (C=O) groups excluding carboxylic acids is 1. The van der Waals surface area contributed by atoms with E-state index < -0.39 is 44.3 Å². The fourth-order valence-corrected chi connectivity index (χ4v) is 3.01. The number of carbonyl (C=O) groups is 1. The summed E-state index contributed by atoms with van der Waals surface area (Å²) in [5.41, 5.74) is -0.537. The van der Waals surface area contributed by atoms with Crippen LogP contribution in [0.4, 0.5) is 0 Å². The second kappa shape index (κ2) is 8.03. The molecule has 1 aliphatic heterocycles. The van der Waals surface area contributed by atoms with E-state index >= 15 is 0 Å². The Labute approximate surface area is 158 Å². The van der Waals surface area contributed by atoms with Crippen LogP contribution >= 0.6 is 7.82 Å². The van der Waals surface area contributed by atoms with Gasteiger partial charge >= 0.3 is 19.5 Å². The summed E-state index contributed by atoms with van der Waals surface area (Å²) in [5.74, 6) is -1.69. The van der Waals surface area contributed by atoms with Gasteiger partial charge in [-0.1, -0.05) is 6.08 Å². The molecule has 3 atom stereocenters. The monoisotopic (exact) mass is 408 g/mol. The molecule has 0 aromatic carbocycles. The normalized spacial score (nSPS) is 20.6. The van der Waals surface area contributed by atoms with Crippen molar-refractivity contribution in [2.75, 3.05) is 6.61 Å². The third-order valence-electron chi connectivity index (χ3n) is 3.66. The predicted octanol–water partition coefficient (Wildman–Crippen LogP) is 0.448. The van der Waals surface area contributed by atoms with Gasteiger partial charge in [-0.25, -0.2) is 19.1 Å². The summed E-state index contributed by atoms with van der Waals surface area (Å²) in [4.78, 5) is 40.4. The first-order valence-electron chi connectivity index (χ1n) is 7.97. The summed E-state index contributed by atoms with van der Waals surface area (Å²) < 4.78 is 27.8. The highest BCUT2D eigenvalue weighted by atomic mass is 31.2. The Hall–Kier alpha value is -2.85. The summed E-state index contributed by atoms with van der Waals surface area (Å²) in [6.45, 7) is 1.09. The van der Waals surface area contributed by atoms with Gasteiger partial charge in [-0.2, -0.15) is 0 Å². The molecule has 0 amide bonds. The van der Waals surface area contributed by atoms with Gasteiger partial charge in [0.05, 0.1) is 12.2 Å². The van der Waals surface area contributed by atoms with Crippen molar-refractivity contribution in [1.29, 1.82) is 0 Å². The molecule has 1 aliphatic rings. The van der Waals surface area contributed by atoms with Crippen LogP contribution in [0, 0.1) is 6.92 Å². The highest BCUT2D eigenvalue weighted by Crippen LogP contribution is 2.44. The van der Waals surface area contributed by atoms with E-state index in [1.165, 1.54) is 49.8 Å². The van der Waals surface area contributed by atoms with Gasteiger partial charge in [-0.3, -0.25) is 19.0 Å². The molecular formula is C16H15N3O8P-. The molecule has 1 N–H and O–H groups in total. The second-order valence-corrected chi connectivity index (χ2v) is 7.13. The van der Waals surface area contributed by atoms with Crippen LogP contribution in [0.15, 0.2) is 47.7 Å². The van der Waals surface area contributed by atoms with Gasteiger partial charge < -0.3 is 14.4 Å². The van der Waals surface area contributed by atoms with Gasteiger partial charge in [0.2, 0.25) is 0 Å². The molecule has 12 heteroatoms. The minimum Gasteiger partial charge on any atom is -0.858 e. The average Bonchev–Trinajstić information content (AvgIpc) is 3.12. The first kappa shape index (κ1) is 19.9. The predicted molar refractivity (Wildman–Crippen MR) is 91.2 cm³/mol. The van der Waals surface area contributed by atoms with Crippen molar-refractivity contribution in [3.63, 3.8) is 0 Å². The fraction of sp³-hybridized carbons (Fsp3) is 0.250. The first-order chi connectivity index (χ1) is 13.2. The number of phosphoric ester groups is 1. The van der Waals surface area contributed by atoms with Gasteiger partial charge in [0.1, 0.15) is 6.10 Å². The molecule has 148 valence electrons. The van der Waals surface area contributed by atoms with Crippen LogP contribution in [0.5, 0.6) is 5.88 Å². The number of aryl methyl sites for hydroxylation is 1. The molecule has 1 unspecified atom stereocenters. The Morgan fingerprint density at radius 3 is 2.96 bits per heavy atom. The smallest absolute Gasteiger partial charge is 0.529 e. The van der Waals surface area contributed by atoms with Gasteiger partial charge in [0.25, 0.3) is 0 Å². The second-order valence-electron chi connectivity index (χ2n) is 5.75. The number of phosphoric acid groups is 1. The van der Waals surface area contributed by atoms with E-state index in [9.17, 15) is 24.2 Å². The highest BCUT2D eigenvalue weighted by molar-refractivity contribution is 7.48. The van der Waals surface area contributed by atoms with Crippen molar-refractivity contribution >= 4 is 13.8 Å². The molecule has 0 bridgehead atoms. The lowest BCUT2D eigenvalue weighted by atomic mass is 10.3. The maximum absolute atomic E-state index is 11.9. The number of rotatable bonds is 6. The molecule has 3 heterocycles. The van der Waals surface area contributed by atoms with Crippen molar-refractivity contribution in [3.05, 3.63) is 64.5 Å². The minimum absolute atomic E-state index is 0.0125. The molecule has 0 radical (unpaired) electrons. The quantitative estimate of drug-likeness (QED) is 0.526. The van der Waals surface area contributed by atoms with Crippen molar-refractivity contribution < 1.29 is 33.1 Å². The van der Waals surface area contributed by atoms with Crippen LogP contribution in [0.1, 0.15) is 22.1 Å². The maximum atomic E-state index is 11.9. The molecule has 0 saturated heterocycles. The molecule has 3 rings (SSSR count). The number of hydrogen-bond donors (Lipinski definition) is 1. The standard InChI is InChI=1S/C16H16N3O8P/c1-10-8-19(16(22)18-14(10)20)13-5-4-12(26-13)9-25-28(23,24)27-15(21)11-3-2-6-17-7-11/h2-8,12-13H,9H2,1H3,(H,23,24)(H,18,20,22)/p-1/t12-,13+/m0/s1. The van der Waals surface area contributed by atoms with Crippen LogP contribution in [0.25, 0.3) is 0 Å². The van der Waals surface area contributed by atoms with Crippen LogP contribution in [-0.4, -0.2) is 38.1 Å². The lowest BCUT2D eigenvalue weighted by Crippen LogP contribution is -2.29. The number of aromatic nitrogens is 3. The molecule has 11 nitrogen and oxygen atoms in total. The van der Waals surface area contributed by atoms with E-state index in [0.717, 1.165) is 4.57 Å². The summed E-state index contributed by atoms with van der Waals surface area (Å²) in [7, 11) is -4.70. The van der Waals surface area contributed by atoms with E-state index in [0.29, 0.717) is 0 Å². The van der Waals surface area contributed by atoms with E-state index in [2.05, 4.69) is 14.5 Å². The summed E-state index contributed by atoms with van der Waals surface area (Å²) in [5, 5.41) is 11.4. The Bertz CT molecular complexity index is 1010. The van der Waals surface area contributed by atoms with Gasteiger partial charge in [-0.15, -0.1) is 0 Å². The number of nitrogens with zero attached hydrogens (tertiary/aromatic N) is 3. The van der Waals surface area contributed by atoms with Crippen molar-refractivity contribution in [2.24, 2.45) is 0 Å². The van der Waals surface area contributed by atoms with Crippen molar-refractivity contribution in [3.8, 4) is 5.88 Å². The maximum Gasteiger partial charge on any atom is 0.529 e. The molecule has 2 aromatic rings. The lowest BCUT2D eigenvalue weighted by Gasteiger charge is -2.19. The van der Waals surface area contributed by atoms with Crippen LogP contribution in [0.2, 0.25) is 0 Å². The molecule has 0 saturated carbocycles. The van der Waals surface area contributed by atoms with Crippen molar-refractivity contribution in [2.45, 2.75) is 19.3 Å². The van der Waals surface area contributed by atoms with Crippen molar-refractivity contribution in [1.82, 2.24) is 14.5 Å². The molecule has 0 fully saturated rings. The van der Waals surface area contributed by atoms with E-state index in [1.807, 2.05) is 0 Å². The van der Waals surface area contributed by atoms with E-state index in [1.54, 1.807) is 0 Å². The Morgan fingerprint density at radius 1 is 1.46 bits per heavy atom.